The molecule has 1 amide bonds. The van der Waals surface area contributed by atoms with Crippen LogP contribution in [0, 0.1) is 21.8 Å². The lowest BCUT2D eigenvalue weighted by Gasteiger charge is -2.23. The summed E-state index contributed by atoms with van der Waals surface area (Å²) >= 11 is 0. The van der Waals surface area contributed by atoms with Gasteiger partial charge in [0.15, 0.2) is 0 Å². The average molecular weight is 296 g/mol. The van der Waals surface area contributed by atoms with Crippen molar-refractivity contribution < 1.29 is 24.0 Å². The monoisotopic (exact) mass is 296 g/mol. The molecule has 1 aliphatic rings. The maximum atomic E-state index is 13.3. The molecule has 0 radical (unpaired) electrons. The molecule has 7 nitrogen and oxygen atoms in total. The zero-order chi connectivity index (χ0) is 15.7. The number of carboxylic acids is 1. The summed E-state index contributed by atoms with van der Waals surface area (Å²) in [7, 11) is 0. The quantitative estimate of drug-likeness (QED) is 0.675. The van der Waals surface area contributed by atoms with Gasteiger partial charge in [-0.2, -0.15) is 0 Å². The first-order valence-electron chi connectivity index (χ1n) is 6.30. The fraction of sp³-hybridized carbons (Fsp3) is 0.385. The summed E-state index contributed by atoms with van der Waals surface area (Å²) in [5, 5.41) is 20.0. The Morgan fingerprint density at radius 3 is 2.67 bits per heavy atom. The van der Waals surface area contributed by atoms with Gasteiger partial charge in [-0.3, -0.25) is 19.7 Å². The van der Waals surface area contributed by atoms with Crippen molar-refractivity contribution in [1.29, 1.82) is 0 Å². The number of nitro benzene ring substituents is 1. The van der Waals surface area contributed by atoms with Crippen molar-refractivity contribution in [2.24, 2.45) is 5.92 Å². The molecule has 1 N–H and O–H groups in total. The number of carbonyl (C=O) groups is 2. The summed E-state index contributed by atoms with van der Waals surface area (Å²) < 4.78 is 13.3. The molecular weight excluding hydrogens is 283 g/mol. The number of halogens is 1. The molecule has 1 fully saturated rings. The molecular formula is C13H13FN2O5. The van der Waals surface area contributed by atoms with Gasteiger partial charge in [-0.05, 0) is 25.5 Å². The summed E-state index contributed by atoms with van der Waals surface area (Å²) in [6.07, 6.45) is 0.269. The van der Waals surface area contributed by atoms with Crippen molar-refractivity contribution in [3.63, 3.8) is 0 Å². The Kier molecular flexibility index (Phi) is 3.88. The summed E-state index contributed by atoms with van der Waals surface area (Å²) in [5.74, 6) is -3.23. The van der Waals surface area contributed by atoms with Crippen LogP contribution in [-0.4, -0.2) is 39.4 Å². The Labute approximate surface area is 119 Å². The lowest BCUT2D eigenvalue weighted by Crippen LogP contribution is -2.38. The summed E-state index contributed by atoms with van der Waals surface area (Å²) in [5.41, 5.74) is -0.856. The molecule has 112 valence electrons. The fourth-order valence-corrected chi connectivity index (χ4v) is 2.55. The van der Waals surface area contributed by atoms with E-state index in [9.17, 15) is 24.1 Å². The molecule has 0 bridgehead atoms. The summed E-state index contributed by atoms with van der Waals surface area (Å²) in [6.45, 7) is 1.74. The molecule has 0 aliphatic carbocycles. The van der Waals surface area contributed by atoms with Crippen LogP contribution in [0.4, 0.5) is 10.1 Å². The molecule has 1 aliphatic heterocycles. The third-order valence-corrected chi connectivity index (χ3v) is 3.72. The van der Waals surface area contributed by atoms with Gasteiger partial charge < -0.3 is 10.0 Å². The topological polar surface area (TPSA) is 101 Å². The van der Waals surface area contributed by atoms with Crippen molar-refractivity contribution >= 4 is 17.6 Å². The standard InChI is InChI=1S/C13H13FN2O5/c1-7-9(13(18)19)4-5-15(7)12(17)10-6-8(14)2-3-11(10)16(20)21/h2-3,6-7,9H,4-5H2,1H3,(H,18,19). The first-order valence-corrected chi connectivity index (χ1v) is 6.30. The molecule has 1 heterocycles. The van der Waals surface area contributed by atoms with Crippen LogP contribution >= 0.6 is 0 Å². The summed E-state index contributed by atoms with van der Waals surface area (Å²) in [6, 6.07) is 2.04. The molecule has 8 heteroatoms. The van der Waals surface area contributed by atoms with E-state index in [2.05, 4.69) is 0 Å². The number of nitro groups is 1. The predicted molar refractivity (Wildman–Crippen MR) is 69.3 cm³/mol. The molecule has 0 saturated carbocycles. The Morgan fingerprint density at radius 2 is 2.14 bits per heavy atom. The molecule has 1 saturated heterocycles. The van der Waals surface area contributed by atoms with E-state index < -0.39 is 40.3 Å². The number of benzene rings is 1. The van der Waals surface area contributed by atoms with Crippen molar-refractivity contribution in [3.8, 4) is 0 Å². The van der Waals surface area contributed by atoms with Gasteiger partial charge in [0.25, 0.3) is 11.6 Å². The number of hydrogen-bond donors (Lipinski definition) is 1. The highest BCUT2D eigenvalue weighted by atomic mass is 19.1. The number of hydrogen-bond acceptors (Lipinski definition) is 4. The lowest BCUT2D eigenvalue weighted by atomic mass is 10.0. The molecule has 2 atom stereocenters. The second-order valence-corrected chi connectivity index (χ2v) is 4.89. The Balaban J connectivity index is 2.35. The molecule has 0 aromatic heterocycles. The van der Waals surface area contributed by atoms with Crippen LogP contribution in [0.5, 0.6) is 0 Å². The van der Waals surface area contributed by atoms with Crippen molar-refractivity contribution in [3.05, 3.63) is 39.7 Å². The van der Waals surface area contributed by atoms with Gasteiger partial charge in [0.2, 0.25) is 0 Å². The molecule has 1 aromatic rings. The highest BCUT2D eigenvalue weighted by Gasteiger charge is 2.39. The van der Waals surface area contributed by atoms with Gasteiger partial charge in [-0.1, -0.05) is 0 Å². The maximum Gasteiger partial charge on any atom is 0.308 e. The minimum Gasteiger partial charge on any atom is -0.481 e. The number of carboxylic acid groups (broad SMARTS) is 1. The van der Waals surface area contributed by atoms with Crippen LogP contribution in [0.2, 0.25) is 0 Å². The van der Waals surface area contributed by atoms with Gasteiger partial charge in [0.05, 0.1) is 10.8 Å². The van der Waals surface area contributed by atoms with Crippen LogP contribution in [0.1, 0.15) is 23.7 Å². The third kappa shape index (κ3) is 2.69. The van der Waals surface area contributed by atoms with Crippen LogP contribution in [0.15, 0.2) is 18.2 Å². The minimum absolute atomic E-state index is 0.171. The van der Waals surface area contributed by atoms with Gasteiger partial charge >= 0.3 is 5.97 Å². The number of aliphatic carboxylic acids is 1. The van der Waals surface area contributed by atoms with Crippen LogP contribution in [-0.2, 0) is 4.79 Å². The van der Waals surface area contributed by atoms with Gasteiger partial charge in [0.1, 0.15) is 11.4 Å². The van der Waals surface area contributed by atoms with Crippen LogP contribution < -0.4 is 0 Å². The third-order valence-electron chi connectivity index (χ3n) is 3.72. The first kappa shape index (κ1) is 14.9. The predicted octanol–water partition coefficient (Wildman–Crippen LogP) is 1.67. The van der Waals surface area contributed by atoms with E-state index in [1.165, 1.54) is 4.90 Å². The summed E-state index contributed by atoms with van der Waals surface area (Å²) in [4.78, 5) is 34.8. The van der Waals surface area contributed by atoms with Crippen LogP contribution in [0.25, 0.3) is 0 Å². The molecule has 1 aromatic carbocycles. The number of rotatable bonds is 3. The van der Waals surface area contributed by atoms with E-state index in [0.717, 1.165) is 18.2 Å². The number of likely N-dealkylation sites (tertiary alicyclic amines) is 1. The highest BCUT2D eigenvalue weighted by molar-refractivity contribution is 5.98. The van der Waals surface area contributed by atoms with Crippen molar-refractivity contribution in [1.82, 2.24) is 4.90 Å². The Bertz CT molecular complexity index is 619. The van der Waals surface area contributed by atoms with Crippen molar-refractivity contribution in [2.45, 2.75) is 19.4 Å². The Morgan fingerprint density at radius 1 is 1.48 bits per heavy atom. The average Bonchev–Trinajstić information content (AvgIpc) is 2.79. The number of amides is 1. The van der Waals surface area contributed by atoms with Gasteiger partial charge in [0, 0.05) is 18.7 Å². The zero-order valence-corrected chi connectivity index (χ0v) is 11.2. The number of carbonyl (C=O) groups excluding carboxylic acids is 1. The fourth-order valence-electron chi connectivity index (χ4n) is 2.55. The smallest absolute Gasteiger partial charge is 0.308 e. The largest absolute Gasteiger partial charge is 0.481 e. The number of nitrogens with zero attached hydrogens (tertiary/aromatic N) is 2. The van der Waals surface area contributed by atoms with E-state index in [1.807, 2.05) is 0 Å². The normalized spacial score (nSPS) is 21.3. The molecule has 21 heavy (non-hydrogen) atoms. The molecule has 2 unspecified atom stereocenters. The second-order valence-electron chi connectivity index (χ2n) is 4.89. The van der Waals surface area contributed by atoms with Gasteiger partial charge in [-0.15, -0.1) is 0 Å². The molecule has 2 rings (SSSR count). The SMILES string of the molecule is CC1C(C(=O)O)CCN1C(=O)c1cc(F)ccc1[N+](=O)[O-]. The van der Waals surface area contributed by atoms with Crippen molar-refractivity contribution in [2.75, 3.05) is 6.54 Å². The van der Waals surface area contributed by atoms with E-state index in [-0.39, 0.29) is 18.5 Å². The Hall–Kier alpha value is -2.51. The van der Waals surface area contributed by atoms with E-state index in [4.69, 9.17) is 5.11 Å². The maximum absolute atomic E-state index is 13.3. The highest BCUT2D eigenvalue weighted by Crippen LogP contribution is 2.29. The van der Waals surface area contributed by atoms with E-state index >= 15 is 0 Å². The first-order chi connectivity index (χ1) is 9.82. The van der Waals surface area contributed by atoms with E-state index in [0.29, 0.717) is 0 Å². The lowest BCUT2D eigenvalue weighted by molar-refractivity contribution is -0.385. The van der Waals surface area contributed by atoms with Gasteiger partial charge in [-0.25, -0.2) is 4.39 Å². The zero-order valence-electron chi connectivity index (χ0n) is 11.2. The molecule has 0 spiro atoms. The van der Waals surface area contributed by atoms with Crippen LogP contribution in [0.3, 0.4) is 0 Å². The minimum atomic E-state index is -1.02. The van der Waals surface area contributed by atoms with E-state index in [1.54, 1.807) is 6.92 Å². The second kappa shape index (κ2) is 5.47.